The third-order valence-corrected chi connectivity index (χ3v) is 5.89. The van der Waals surface area contributed by atoms with E-state index in [1.165, 1.54) is 6.07 Å². The van der Waals surface area contributed by atoms with Gasteiger partial charge in [-0.1, -0.05) is 37.7 Å². The molecule has 33 heavy (non-hydrogen) atoms. The van der Waals surface area contributed by atoms with Crippen molar-refractivity contribution in [2.24, 2.45) is 4.99 Å². The van der Waals surface area contributed by atoms with Gasteiger partial charge in [0.1, 0.15) is 20.2 Å². The highest BCUT2D eigenvalue weighted by Gasteiger charge is 2.26. The lowest BCUT2D eigenvalue weighted by molar-refractivity contribution is 0.0370. The number of carbonyl (C=O) groups excluding carboxylic acids is 1. The Hall–Kier alpha value is -3.50. The third-order valence-electron chi connectivity index (χ3n) is 5.01. The molecule has 0 amide bonds. The van der Waals surface area contributed by atoms with Gasteiger partial charge in [-0.25, -0.2) is 14.2 Å². The Labute approximate surface area is 194 Å². The first-order valence-electron chi connectivity index (χ1n) is 10.9. The van der Waals surface area contributed by atoms with Crippen LogP contribution in [0, 0.1) is 17.3 Å². The number of esters is 1. The molecule has 1 aromatic heterocycles. The van der Waals surface area contributed by atoms with E-state index in [0.29, 0.717) is 17.0 Å². The van der Waals surface area contributed by atoms with Crippen molar-refractivity contribution in [3.63, 3.8) is 0 Å². The van der Waals surface area contributed by atoms with Crippen LogP contribution in [-0.4, -0.2) is 35.4 Å². The highest BCUT2D eigenvalue weighted by molar-refractivity contribution is 6.83. The van der Waals surface area contributed by atoms with Crippen molar-refractivity contribution in [3.8, 4) is 17.2 Å². The lowest BCUT2D eigenvalue weighted by Gasteiger charge is -2.13. The smallest absolute Gasteiger partial charge is 0.359 e. The molecule has 4 rings (SSSR count). The van der Waals surface area contributed by atoms with E-state index in [1.54, 1.807) is 38.4 Å². The van der Waals surface area contributed by atoms with Crippen molar-refractivity contribution in [3.05, 3.63) is 82.7 Å². The summed E-state index contributed by atoms with van der Waals surface area (Å²) in [6, 6.07) is 12.4. The minimum absolute atomic E-state index is 0.163. The Morgan fingerprint density at radius 2 is 1.91 bits per heavy atom. The highest BCUT2D eigenvalue weighted by Crippen LogP contribution is 2.28. The van der Waals surface area contributed by atoms with Crippen LogP contribution in [0.2, 0.25) is 19.6 Å². The quantitative estimate of drug-likeness (QED) is 0.309. The lowest BCUT2D eigenvalue weighted by atomic mass is 9.98. The monoisotopic (exact) mass is 459 g/mol. The van der Waals surface area contributed by atoms with E-state index in [2.05, 4.69) is 36.1 Å². The number of hydrogen-bond donors (Lipinski definition) is 0. The maximum atomic E-state index is 14.8. The van der Waals surface area contributed by atoms with Crippen LogP contribution >= 0.6 is 0 Å². The molecule has 0 N–H and O–H groups in total. The SMILES string of the molecule is CC(C)OC(=O)c1ncn2c1CN=C(c1ccccc1F)c1cc(C#C[Si](C)(C)C)ccc1-2. The molecule has 0 saturated carbocycles. The summed E-state index contributed by atoms with van der Waals surface area (Å²) in [5.41, 5.74) is 7.46. The number of hydrogen-bond acceptors (Lipinski definition) is 4. The van der Waals surface area contributed by atoms with Gasteiger partial charge < -0.3 is 4.74 Å². The molecular formula is C26H26FN3O2Si. The second-order valence-corrected chi connectivity index (χ2v) is 14.0. The maximum Gasteiger partial charge on any atom is 0.359 e. The van der Waals surface area contributed by atoms with Gasteiger partial charge in [-0.05, 0) is 44.2 Å². The fourth-order valence-corrected chi connectivity index (χ4v) is 4.09. The molecule has 0 unspecified atom stereocenters. The number of rotatable bonds is 3. The van der Waals surface area contributed by atoms with Gasteiger partial charge in [-0.3, -0.25) is 9.56 Å². The summed E-state index contributed by atoms with van der Waals surface area (Å²) in [7, 11) is -1.57. The van der Waals surface area contributed by atoms with E-state index in [1.807, 2.05) is 22.8 Å². The summed E-state index contributed by atoms with van der Waals surface area (Å²) >= 11 is 0. The van der Waals surface area contributed by atoms with Gasteiger partial charge in [0.05, 0.1) is 29.7 Å². The van der Waals surface area contributed by atoms with Gasteiger partial charge in [0.25, 0.3) is 0 Å². The predicted molar refractivity (Wildman–Crippen MR) is 130 cm³/mol. The second-order valence-electron chi connectivity index (χ2n) is 9.24. The van der Waals surface area contributed by atoms with Crippen molar-refractivity contribution in [2.45, 2.75) is 46.1 Å². The molecule has 0 atom stereocenters. The van der Waals surface area contributed by atoms with Crippen molar-refractivity contribution < 1.29 is 13.9 Å². The molecule has 0 fully saturated rings. The molecule has 5 nitrogen and oxygen atoms in total. The van der Waals surface area contributed by atoms with Crippen molar-refractivity contribution in [2.75, 3.05) is 0 Å². The fourth-order valence-electron chi connectivity index (χ4n) is 3.57. The van der Waals surface area contributed by atoms with Crippen LogP contribution in [-0.2, 0) is 11.3 Å². The molecule has 3 aromatic rings. The zero-order valence-electron chi connectivity index (χ0n) is 19.4. The van der Waals surface area contributed by atoms with E-state index in [4.69, 9.17) is 9.73 Å². The summed E-state index contributed by atoms with van der Waals surface area (Å²) in [5.74, 6) is 2.42. The van der Waals surface area contributed by atoms with Gasteiger partial charge in [0.2, 0.25) is 0 Å². The summed E-state index contributed by atoms with van der Waals surface area (Å²) in [4.78, 5) is 21.7. The Kier molecular flexibility index (Phi) is 6.04. The standard InChI is InChI=1S/C26H26FN3O2Si/c1-17(2)32-26(31)25-23-15-28-24(19-8-6-7-9-21(19)27)20-14-18(12-13-33(3,4)5)10-11-22(20)30(23)16-29-25/h6-11,14,16-17H,15H2,1-5H3. The van der Waals surface area contributed by atoms with E-state index in [-0.39, 0.29) is 24.2 Å². The zero-order chi connectivity index (χ0) is 23.8. The van der Waals surface area contributed by atoms with Crippen molar-refractivity contribution in [1.82, 2.24) is 9.55 Å². The minimum atomic E-state index is -1.57. The number of nitrogens with zero attached hydrogens (tertiary/aromatic N) is 3. The molecule has 7 heteroatoms. The Morgan fingerprint density at radius 1 is 1.15 bits per heavy atom. The molecule has 1 aliphatic heterocycles. The number of carbonyl (C=O) groups is 1. The van der Waals surface area contributed by atoms with Crippen LogP contribution in [0.3, 0.4) is 0 Å². The predicted octanol–water partition coefficient (Wildman–Crippen LogP) is 5.16. The van der Waals surface area contributed by atoms with Gasteiger partial charge in [0.15, 0.2) is 5.69 Å². The van der Waals surface area contributed by atoms with Crippen LogP contribution in [0.4, 0.5) is 4.39 Å². The summed E-state index contributed by atoms with van der Waals surface area (Å²) < 4.78 is 22.0. The normalized spacial score (nSPS) is 12.8. The number of benzene rings is 2. The van der Waals surface area contributed by atoms with Crippen LogP contribution < -0.4 is 0 Å². The van der Waals surface area contributed by atoms with E-state index in [0.717, 1.165) is 16.8 Å². The Balaban J connectivity index is 1.92. The minimum Gasteiger partial charge on any atom is -0.458 e. The Bertz CT molecular complexity index is 1320. The van der Waals surface area contributed by atoms with Crippen LogP contribution in [0.1, 0.15) is 46.7 Å². The molecule has 0 aliphatic carbocycles. The first-order valence-corrected chi connectivity index (χ1v) is 14.4. The van der Waals surface area contributed by atoms with Gasteiger partial charge in [-0.15, -0.1) is 5.54 Å². The largest absolute Gasteiger partial charge is 0.458 e. The summed E-state index contributed by atoms with van der Waals surface area (Å²) in [5, 5.41) is 0. The molecule has 0 saturated heterocycles. The lowest BCUT2D eigenvalue weighted by Crippen LogP contribution is -2.16. The van der Waals surface area contributed by atoms with Crippen molar-refractivity contribution in [1.29, 1.82) is 0 Å². The molecular weight excluding hydrogens is 433 g/mol. The average molecular weight is 460 g/mol. The maximum absolute atomic E-state index is 14.8. The molecule has 168 valence electrons. The van der Waals surface area contributed by atoms with Crippen LogP contribution in [0.25, 0.3) is 5.69 Å². The topological polar surface area (TPSA) is 56.5 Å². The number of aromatic nitrogens is 2. The van der Waals surface area contributed by atoms with E-state index >= 15 is 0 Å². The van der Waals surface area contributed by atoms with E-state index in [9.17, 15) is 9.18 Å². The molecule has 2 heterocycles. The van der Waals surface area contributed by atoms with Crippen LogP contribution in [0.5, 0.6) is 0 Å². The number of imidazole rings is 1. The number of fused-ring (bicyclic) bond motifs is 3. The van der Waals surface area contributed by atoms with Gasteiger partial charge in [0, 0.05) is 16.7 Å². The fraction of sp³-hybridized carbons (Fsp3) is 0.269. The highest BCUT2D eigenvalue weighted by atomic mass is 28.3. The molecule has 0 spiro atoms. The summed E-state index contributed by atoms with van der Waals surface area (Å²) in [6.45, 7) is 10.3. The third kappa shape index (κ3) is 4.81. The molecule has 0 radical (unpaired) electrons. The average Bonchev–Trinajstić information content (AvgIpc) is 3.10. The van der Waals surface area contributed by atoms with Gasteiger partial charge in [-0.2, -0.15) is 0 Å². The molecule has 2 aromatic carbocycles. The molecule has 0 bridgehead atoms. The first-order chi connectivity index (χ1) is 15.6. The van der Waals surface area contributed by atoms with Crippen molar-refractivity contribution >= 4 is 19.8 Å². The Morgan fingerprint density at radius 3 is 2.61 bits per heavy atom. The van der Waals surface area contributed by atoms with Gasteiger partial charge >= 0.3 is 5.97 Å². The number of halogens is 1. The van der Waals surface area contributed by atoms with Crippen LogP contribution in [0.15, 0.2) is 53.8 Å². The first kappa shape index (κ1) is 22.7. The zero-order valence-corrected chi connectivity index (χ0v) is 20.4. The van der Waals surface area contributed by atoms with E-state index < -0.39 is 14.0 Å². The summed E-state index contributed by atoms with van der Waals surface area (Å²) in [6.07, 6.45) is 1.33. The number of aliphatic imine (C=N–C) groups is 1. The second kappa shape index (κ2) is 8.79. The molecule has 1 aliphatic rings. The number of ether oxygens (including phenoxy) is 1.